The number of rotatable bonds is 3. The zero-order chi connectivity index (χ0) is 12.5. The molecule has 2 bridgehead atoms. The Balaban J connectivity index is 1.57. The van der Waals surface area contributed by atoms with Crippen molar-refractivity contribution >= 4 is 22.6 Å². The Morgan fingerprint density at radius 1 is 1.22 bits per heavy atom. The van der Waals surface area contributed by atoms with E-state index in [0.29, 0.717) is 18.1 Å². The van der Waals surface area contributed by atoms with Crippen molar-refractivity contribution in [1.29, 1.82) is 0 Å². The van der Waals surface area contributed by atoms with Gasteiger partial charge >= 0.3 is 0 Å². The van der Waals surface area contributed by atoms with Crippen LogP contribution in [0.2, 0.25) is 0 Å². The zero-order valence-electron chi connectivity index (χ0n) is 10.3. The summed E-state index contributed by atoms with van der Waals surface area (Å²) in [5.41, 5.74) is 1.05. The average molecular weight is 360 g/mol. The lowest BCUT2D eigenvalue weighted by molar-refractivity contribution is 0.316. The second-order valence-electron chi connectivity index (χ2n) is 5.46. The minimum Gasteiger partial charge on any atom is -0.311 e. The van der Waals surface area contributed by atoms with E-state index in [4.69, 9.17) is 0 Å². The second kappa shape index (κ2) is 5.43. The summed E-state index contributed by atoms with van der Waals surface area (Å²) in [5, 5.41) is 7.22. The number of halogens is 2. The summed E-state index contributed by atoms with van der Waals surface area (Å²) in [6.07, 6.45) is 5.06. The first-order valence-electron chi connectivity index (χ1n) is 6.63. The third-order valence-electron chi connectivity index (χ3n) is 3.99. The summed E-state index contributed by atoms with van der Waals surface area (Å²) in [4.78, 5) is 0. The first-order valence-corrected chi connectivity index (χ1v) is 7.71. The minimum atomic E-state index is -0.135. The molecule has 2 heterocycles. The smallest absolute Gasteiger partial charge is 0.124 e. The Morgan fingerprint density at radius 2 is 1.94 bits per heavy atom. The van der Waals surface area contributed by atoms with E-state index in [0.717, 1.165) is 15.7 Å². The summed E-state index contributed by atoms with van der Waals surface area (Å²) in [6, 6.07) is 7.24. The highest BCUT2D eigenvalue weighted by atomic mass is 127. The molecule has 2 saturated heterocycles. The highest BCUT2D eigenvalue weighted by Gasteiger charge is 2.32. The van der Waals surface area contributed by atoms with E-state index in [-0.39, 0.29) is 5.82 Å². The van der Waals surface area contributed by atoms with Gasteiger partial charge in [0, 0.05) is 28.2 Å². The summed E-state index contributed by atoms with van der Waals surface area (Å²) in [6.45, 7) is 0.776. The minimum absolute atomic E-state index is 0.135. The number of piperidine rings is 1. The van der Waals surface area contributed by atoms with Crippen LogP contribution < -0.4 is 10.6 Å². The van der Waals surface area contributed by atoms with E-state index in [1.165, 1.54) is 25.7 Å². The number of nitrogens with one attached hydrogen (secondary N) is 2. The van der Waals surface area contributed by atoms with Gasteiger partial charge in [0.05, 0.1) is 0 Å². The predicted molar refractivity (Wildman–Crippen MR) is 78.9 cm³/mol. The van der Waals surface area contributed by atoms with Gasteiger partial charge in [0.2, 0.25) is 0 Å². The normalized spacial score (nSPS) is 30.7. The lowest BCUT2D eigenvalue weighted by Crippen LogP contribution is -2.46. The van der Waals surface area contributed by atoms with Gasteiger partial charge in [0.25, 0.3) is 0 Å². The molecule has 0 aliphatic carbocycles. The molecule has 0 saturated carbocycles. The number of hydrogen-bond donors (Lipinski definition) is 2. The summed E-state index contributed by atoms with van der Waals surface area (Å²) in [7, 11) is 0. The molecule has 2 atom stereocenters. The van der Waals surface area contributed by atoms with Gasteiger partial charge in [-0.2, -0.15) is 0 Å². The standard InChI is InChI=1S/C14H18FIN2/c15-10-3-9(4-11(16)5-10)8-17-14-6-12-1-2-13(7-14)18-12/h3-5,12-14,17-18H,1-2,6-8H2. The molecular weight excluding hydrogens is 342 g/mol. The highest BCUT2D eigenvalue weighted by Crippen LogP contribution is 2.27. The average Bonchev–Trinajstić information content (AvgIpc) is 2.65. The quantitative estimate of drug-likeness (QED) is 0.811. The third-order valence-corrected chi connectivity index (χ3v) is 4.61. The summed E-state index contributed by atoms with van der Waals surface area (Å²) < 4.78 is 14.3. The Kier molecular flexibility index (Phi) is 3.86. The van der Waals surface area contributed by atoms with Crippen molar-refractivity contribution in [3.05, 3.63) is 33.1 Å². The molecule has 2 N–H and O–H groups in total. The van der Waals surface area contributed by atoms with Crippen molar-refractivity contribution < 1.29 is 4.39 Å². The number of fused-ring (bicyclic) bond motifs is 2. The largest absolute Gasteiger partial charge is 0.311 e. The Hall–Kier alpha value is -0.200. The van der Waals surface area contributed by atoms with Gasteiger partial charge in [-0.15, -0.1) is 0 Å². The van der Waals surface area contributed by atoms with Crippen molar-refractivity contribution in [1.82, 2.24) is 10.6 Å². The van der Waals surface area contributed by atoms with Gasteiger partial charge in [0.1, 0.15) is 5.82 Å². The van der Waals surface area contributed by atoms with Gasteiger partial charge in [-0.3, -0.25) is 0 Å². The van der Waals surface area contributed by atoms with E-state index < -0.39 is 0 Å². The summed E-state index contributed by atoms with van der Waals surface area (Å²) >= 11 is 2.16. The third kappa shape index (κ3) is 3.03. The molecule has 98 valence electrons. The van der Waals surface area contributed by atoms with Gasteiger partial charge in [0.15, 0.2) is 0 Å². The van der Waals surface area contributed by atoms with Crippen molar-refractivity contribution in [2.75, 3.05) is 0 Å². The van der Waals surface area contributed by atoms with Crippen LogP contribution in [0.25, 0.3) is 0 Å². The van der Waals surface area contributed by atoms with Gasteiger partial charge in [-0.05, 0) is 72.0 Å². The van der Waals surface area contributed by atoms with E-state index in [1.807, 2.05) is 6.07 Å². The van der Waals surface area contributed by atoms with Crippen molar-refractivity contribution in [2.45, 2.75) is 50.4 Å². The topological polar surface area (TPSA) is 24.1 Å². The molecule has 1 aromatic carbocycles. The maximum Gasteiger partial charge on any atom is 0.124 e. The molecule has 2 aliphatic rings. The Morgan fingerprint density at radius 3 is 2.61 bits per heavy atom. The van der Waals surface area contributed by atoms with Gasteiger partial charge in [-0.1, -0.05) is 0 Å². The Bertz CT molecular complexity index is 406. The van der Waals surface area contributed by atoms with Crippen LogP contribution in [0.4, 0.5) is 4.39 Å². The number of benzene rings is 1. The molecule has 0 radical (unpaired) electrons. The molecule has 4 heteroatoms. The molecule has 2 aliphatic heterocycles. The highest BCUT2D eigenvalue weighted by molar-refractivity contribution is 14.1. The fraction of sp³-hybridized carbons (Fsp3) is 0.571. The maximum atomic E-state index is 13.3. The van der Waals surface area contributed by atoms with E-state index >= 15 is 0 Å². The van der Waals surface area contributed by atoms with Crippen LogP contribution >= 0.6 is 22.6 Å². The molecule has 18 heavy (non-hydrogen) atoms. The van der Waals surface area contributed by atoms with Crippen molar-refractivity contribution in [3.63, 3.8) is 0 Å². The molecule has 1 aromatic rings. The molecule has 0 amide bonds. The molecule has 0 aromatic heterocycles. The molecule has 2 nitrogen and oxygen atoms in total. The van der Waals surface area contributed by atoms with Crippen LogP contribution in [0.15, 0.2) is 18.2 Å². The SMILES string of the molecule is Fc1cc(I)cc(CNC2CC3CCC(C2)N3)c1. The lowest BCUT2D eigenvalue weighted by Gasteiger charge is -2.29. The predicted octanol–water partition coefficient (Wildman–Crippen LogP) is 2.80. The van der Waals surface area contributed by atoms with E-state index in [1.54, 1.807) is 12.1 Å². The van der Waals surface area contributed by atoms with Gasteiger partial charge < -0.3 is 10.6 Å². The van der Waals surface area contributed by atoms with Crippen molar-refractivity contribution in [2.24, 2.45) is 0 Å². The van der Waals surface area contributed by atoms with Gasteiger partial charge in [-0.25, -0.2) is 4.39 Å². The Labute approximate surface area is 121 Å². The monoisotopic (exact) mass is 360 g/mol. The van der Waals surface area contributed by atoms with Crippen LogP contribution in [0.1, 0.15) is 31.2 Å². The van der Waals surface area contributed by atoms with E-state index in [2.05, 4.69) is 33.2 Å². The fourth-order valence-electron chi connectivity index (χ4n) is 3.20. The zero-order valence-corrected chi connectivity index (χ0v) is 12.4. The molecule has 2 fully saturated rings. The summed E-state index contributed by atoms with van der Waals surface area (Å²) in [5.74, 6) is -0.135. The van der Waals surface area contributed by atoms with Crippen LogP contribution in [0.3, 0.4) is 0 Å². The molecule has 3 rings (SSSR count). The molecule has 2 unspecified atom stereocenters. The molecule has 0 spiro atoms. The van der Waals surface area contributed by atoms with Crippen LogP contribution in [0, 0.1) is 9.39 Å². The first kappa shape index (κ1) is 12.8. The van der Waals surface area contributed by atoms with Crippen LogP contribution in [0.5, 0.6) is 0 Å². The van der Waals surface area contributed by atoms with Crippen LogP contribution in [-0.2, 0) is 6.54 Å². The van der Waals surface area contributed by atoms with Crippen molar-refractivity contribution in [3.8, 4) is 0 Å². The lowest BCUT2D eigenvalue weighted by atomic mass is 9.99. The maximum absolute atomic E-state index is 13.3. The van der Waals surface area contributed by atoms with E-state index in [9.17, 15) is 4.39 Å². The van der Waals surface area contributed by atoms with Crippen LogP contribution in [-0.4, -0.2) is 18.1 Å². The number of hydrogen-bond acceptors (Lipinski definition) is 2. The fourth-order valence-corrected chi connectivity index (χ4v) is 3.90. The second-order valence-corrected chi connectivity index (χ2v) is 6.71. The first-order chi connectivity index (χ1) is 8.69. The molecular formula is C14H18FIN2.